The van der Waals surface area contributed by atoms with Crippen molar-refractivity contribution >= 4 is 55.5 Å². The van der Waals surface area contributed by atoms with Crippen LogP contribution in [0.3, 0.4) is 0 Å². The number of imide groups is 2. The molecule has 2 unspecified atom stereocenters. The third-order valence-electron chi connectivity index (χ3n) is 4.40. The Morgan fingerprint density at radius 3 is 1.53 bits per heavy atom. The minimum Gasteiger partial charge on any atom is -0.330 e. The fourth-order valence-corrected chi connectivity index (χ4v) is 4.37. The Labute approximate surface area is 181 Å². The van der Waals surface area contributed by atoms with Gasteiger partial charge in [-0.15, -0.1) is 10.1 Å². The summed E-state index contributed by atoms with van der Waals surface area (Å²) < 4.78 is 53.8. The van der Waals surface area contributed by atoms with Crippen molar-refractivity contribution in [1.82, 2.24) is 10.1 Å². The summed E-state index contributed by atoms with van der Waals surface area (Å²) in [5.41, 5.74) is 0. The molecule has 0 bridgehead atoms. The number of hydrogen-bond donors (Lipinski definition) is 1. The first kappa shape index (κ1) is 25.3. The van der Waals surface area contributed by atoms with E-state index in [1.807, 2.05) is 0 Å². The standard InChI is InChI=1S/C15H18N2O13S2/c1-31(24,25)8-6-10(18)16(14(8)22)29-12(20)4-2-3-5-13(21)30-17-11(19)7-9(15(17)23)32(26,27)28/h8-9H,2-7H2,1H3,(H,26,27,28). The van der Waals surface area contributed by atoms with Crippen molar-refractivity contribution < 1.29 is 59.8 Å². The molecule has 0 radical (unpaired) electrons. The Morgan fingerprint density at radius 2 is 1.22 bits per heavy atom. The maximum Gasteiger partial charge on any atom is 0.333 e. The van der Waals surface area contributed by atoms with Crippen LogP contribution in [0.15, 0.2) is 0 Å². The lowest BCUT2D eigenvalue weighted by molar-refractivity contribution is -0.198. The highest BCUT2D eigenvalue weighted by Gasteiger charge is 2.48. The van der Waals surface area contributed by atoms with Gasteiger partial charge in [-0.25, -0.2) is 18.0 Å². The van der Waals surface area contributed by atoms with Crippen LogP contribution in [0, 0.1) is 0 Å². The molecule has 2 saturated heterocycles. The number of carbonyl (C=O) groups is 6. The highest BCUT2D eigenvalue weighted by Crippen LogP contribution is 2.21. The Balaban J connectivity index is 1.76. The van der Waals surface area contributed by atoms with Crippen molar-refractivity contribution in [2.45, 2.75) is 49.0 Å². The van der Waals surface area contributed by atoms with E-state index in [0.29, 0.717) is 0 Å². The second-order valence-electron chi connectivity index (χ2n) is 6.92. The maximum absolute atomic E-state index is 11.9. The molecule has 0 aliphatic carbocycles. The molecule has 2 atom stereocenters. The molecule has 2 heterocycles. The van der Waals surface area contributed by atoms with E-state index in [2.05, 4.69) is 9.68 Å². The number of rotatable bonds is 9. The molecule has 2 rings (SSSR count). The van der Waals surface area contributed by atoms with Gasteiger partial charge in [-0.3, -0.25) is 23.7 Å². The fraction of sp³-hybridized carbons (Fsp3) is 0.600. The Hall–Kier alpha value is -2.92. The van der Waals surface area contributed by atoms with Crippen molar-refractivity contribution in [3.05, 3.63) is 0 Å². The lowest BCUT2D eigenvalue weighted by Gasteiger charge is -2.14. The molecule has 2 fully saturated rings. The van der Waals surface area contributed by atoms with Gasteiger partial charge in [-0.2, -0.15) is 8.42 Å². The Kier molecular flexibility index (Phi) is 7.36. The van der Waals surface area contributed by atoms with Crippen LogP contribution in [0.5, 0.6) is 0 Å². The molecule has 0 spiro atoms. The van der Waals surface area contributed by atoms with E-state index < -0.39 is 85.3 Å². The summed E-state index contributed by atoms with van der Waals surface area (Å²) in [6, 6.07) is 0. The van der Waals surface area contributed by atoms with Crippen LogP contribution in [-0.4, -0.2) is 83.8 Å². The first-order valence-corrected chi connectivity index (χ1v) is 12.4. The predicted molar refractivity (Wildman–Crippen MR) is 97.6 cm³/mol. The normalized spacial score (nSPS) is 21.9. The van der Waals surface area contributed by atoms with Crippen LogP contribution in [-0.2, 0) is 58.4 Å². The fourth-order valence-electron chi connectivity index (χ4n) is 2.76. The number of unbranched alkanes of at least 4 members (excludes halogenated alkanes) is 1. The van der Waals surface area contributed by atoms with Gasteiger partial charge in [0.2, 0.25) is 0 Å². The minimum absolute atomic E-state index is 0.0187. The van der Waals surface area contributed by atoms with Gasteiger partial charge < -0.3 is 9.68 Å². The monoisotopic (exact) mass is 498 g/mol. The van der Waals surface area contributed by atoms with E-state index >= 15 is 0 Å². The van der Waals surface area contributed by atoms with Gasteiger partial charge >= 0.3 is 11.9 Å². The molecule has 0 aromatic heterocycles. The number of sulfone groups is 1. The smallest absolute Gasteiger partial charge is 0.330 e. The molecule has 0 aromatic rings. The summed E-state index contributed by atoms with van der Waals surface area (Å²) in [7, 11) is -8.72. The largest absolute Gasteiger partial charge is 0.333 e. The lowest BCUT2D eigenvalue weighted by atomic mass is 10.2. The topological polar surface area (TPSA) is 216 Å². The zero-order valence-electron chi connectivity index (χ0n) is 16.5. The summed E-state index contributed by atoms with van der Waals surface area (Å²) in [6.45, 7) is 0. The van der Waals surface area contributed by atoms with E-state index in [1.54, 1.807) is 0 Å². The number of hydroxylamine groups is 4. The van der Waals surface area contributed by atoms with Crippen LogP contribution in [0.1, 0.15) is 38.5 Å². The summed E-state index contributed by atoms with van der Waals surface area (Å²) in [5, 5.41) is -3.67. The molecule has 0 saturated carbocycles. The Bertz CT molecular complexity index is 993. The van der Waals surface area contributed by atoms with Gasteiger partial charge in [0.15, 0.2) is 20.3 Å². The zero-order valence-corrected chi connectivity index (χ0v) is 18.1. The second-order valence-corrected chi connectivity index (χ2v) is 10.7. The molecule has 15 nitrogen and oxygen atoms in total. The molecule has 0 aromatic carbocycles. The molecule has 2 aliphatic heterocycles. The highest BCUT2D eigenvalue weighted by atomic mass is 32.2. The second kappa shape index (κ2) is 9.29. The average Bonchev–Trinajstić information content (AvgIpc) is 3.10. The van der Waals surface area contributed by atoms with Crippen molar-refractivity contribution in [2.75, 3.05) is 6.26 Å². The summed E-state index contributed by atoms with van der Waals surface area (Å²) in [5.74, 6) is -6.88. The van der Waals surface area contributed by atoms with Gasteiger partial charge in [-0.1, -0.05) is 0 Å². The van der Waals surface area contributed by atoms with E-state index in [0.717, 1.165) is 6.26 Å². The molecule has 32 heavy (non-hydrogen) atoms. The van der Waals surface area contributed by atoms with E-state index in [1.165, 1.54) is 0 Å². The molecule has 17 heteroatoms. The zero-order chi connectivity index (χ0) is 24.4. The molecule has 2 aliphatic rings. The van der Waals surface area contributed by atoms with Crippen molar-refractivity contribution in [2.24, 2.45) is 0 Å². The van der Waals surface area contributed by atoms with Gasteiger partial charge in [-0.05, 0) is 12.8 Å². The molecule has 1 N–H and O–H groups in total. The van der Waals surface area contributed by atoms with Crippen molar-refractivity contribution in [3.8, 4) is 0 Å². The van der Waals surface area contributed by atoms with Crippen LogP contribution in [0.2, 0.25) is 0 Å². The molecular formula is C15H18N2O13S2. The van der Waals surface area contributed by atoms with E-state index in [9.17, 15) is 45.6 Å². The number of carbonyl (C=O) groups excluding carboxylic acids is 6. The lowest BCUT2D eigenvalue weighted by Crippen LogP contribution is -2.36. The minimum atomic E-state index is -4.85. The third kappa shape index (κ3) is 5.86. The number of amides is 4. The van der Waals surface area contributed by atoms with Crippen molar-refractivity contribution in [1.29, 1.82) is 0 Å². The van der Waals surface area contributed by atoms with Crippen LogP contribution >= 0.6 is 0 Å². The van der Waals surface area contributed by atoms with Gasteiger partial charge in [0.05, 0.1) is 12.8 Å². The van der Waals surface area contributed by atoms with Crippen LogP contribution < -0.4 is 0 Å². The van der Waals surface area contributed by atoms with Crippen LogP contribution in [0.4, 0.5) is 0 Å². The van der Waals surface area contributed by atoms with Crippen molar-refractivity contribution in [3.63, 3.8) is 0 Å². The first-order chi connectivity index (χ1) is 14.6. The molecule has 4 amide bonds. The van der Waals surface area contributed by atoms with Gasteiger partial charge in [0.1, 0.15) is 0 Å². The van der Waals surface area contributed by atoms with Gasteiger partial charge in [0, 0.05) is 19.1 Å². The predicted octanol–water partition coefficient (Wildman–Crippen LogP) is -2.35. The summed E-state index contributed by atoms with van der Waals surface area (Å²) in [4.78, 5) is 79.5. The summed E-state index contributed by atoms with van der Waals surface area (Å²) >= 11 is 0. The number of hydrogen-bond acceptors (Lipinski definition) is 12. The summed E-state index contributed by atoms with van der Waals surface area (Å²) in [6.07, 6.45) is -1.60. The third-order valence-corrected chi connectivity index (χ3v) is 6.89. The molecule has 178 valence electrons. The van der Waals surface area contributed by atoms with E-state index in [4.69, 9.17) is 4.55 Å². The highest BCUT2D eigenvalue weighted by molar-refractivity contribution is 7.92. The molecular weight excluding hydrogens is 480 g/mol. The maximum atomic E-state index is 11.9. The quantitative estimate of drug-likeness (QED) is 0.200. The Morgan fingerprint density at radius 1 is 0.844 bits per heavy atom. The van der Waals surface area contributed by atoms with E-state index in [-0.39, 0.29) is 29.4 Å². The number of nitrogens with zero attached hydrogens (tertiary/aromatic N) is 2. The first-order valence-electron chi connectivity index (χ1n) is 8.93. The van der Waals surface area contributed by atoms with Crippen LogP contribution in [0.25, 0.3) is 0 Å². The van der Waals surface area contributed by atoms with Gasteiger partial charge in [0.25, 0.3) is 33.7 Å². The SMILES string of the molecule is CS(=O)(=O)C1CC(=O)N(OC(=O)CCCCC(=O)ON2C(=O)CC(S(=O)(=O)O)C2=O)C1=O. The average molecular weight is 498 g/mol.